The SMILES string of the molecule is CC(C1CC1)N(C)c1nnc(CCN)o1. The summed E-state index contributed by atoms with van der Waals surface area (Å²) in [6.07, 6.45) is 3.28. The summed E-state index contributed by atoms with van der Waals surface area (Å²) < 4.78 is 5.51. The maximum atomic E-state index is 5.51. The molecular weight excluding hydrogens is 192 g/mol. The van der Waals surface area contributed by atoms with Gasteiger partial charge in [-0.3, -0.25) is 0 Å². The van der Waals surface area contributed by atoms with Crippen molar-refractivity contribution in [3.05, 3.63) is 5.89 Å². The first-order valence-electron chi connectivity index (χ1n) is 5.47. The average Bonchev–Trinajstić information content (AvgIpc) is 2.98. The minimum absolute atomic E-state index is 0.483. The molecule has 1 saturated carbocycles. The zero-order chi connectivity index (χ0) is 10.8. The molecule has 0 saturated heterocycles. The Morgan fingerprint density at radius 2 is 2.27 bits per heavy atom. The number of rotatable bonds is 5. The third kappa shape index (κ3) is 2.28. The van der Waals surface area contributed by atoms with Crippen LogP contribution in [-0.2, 0) is 6.42 Å². The molecule has 15 heavy (non-hydrogen) atoms. The van der Waals surface area contributed by atoms with Gasteiger partial charge in [-0.2, -0.15) is 0 Å². The number of aromatic nitrogens is 2. The fourth-order valence-electron chi connectivity index (χ4n) is 1.68. The van der Waals surface area contributed by atoms with Gasteiger partial charge in [-0.25, -0.2) is 0 Å². The Morgan fingerprint density at radius 3 is 2.87 bits per heavy atom. The van der Waals surface area contributed by atoms with Crippen molar-refractivity contribution in [2.75, 3.05) is 18.5 Å². The summed E-state index contributed by atoms with van der Waals surface area (Å²) in [5, 5.41) is 7.97. The van der Waals surface area contributed by atoms with Crippen LogP contribution in [0.5, 0.6) is 0 Å². The number of nitrogens with zero attached hydrogens (tertiary/aromatic N) is 3. The van der Waals surface area contributed by atoms with E-state index < -0.39 is 0 Å². The molecular formula is C10H18N4O. The van der Waals surface area contributed by atoms with Gasteiger partial charge in [-0.05, 0) is 25.7 Å². The molecule has 1 aromatic heterocycles. The molecule has 1 atom stereocenters. The zero-order valence-electron chi connectivity index (χ0n) is 9.31. The smallest absolute Gasteiger partial charge is 0.318 e. The summed E-state index contributed by atoms with van der Waals surface area (Å²) in [6.45, 7) is 2.74. The van der Waals surface area contributed by atoms with E-state index in [0.29, 0.717) is 30.9 Å². The Kier molecular flexibility index (Phi) is 2.90. The van der Waals surface area contributed by atoms with Crippen LogP contribution >= 0.6 is 0 Å². The molecule has 2 rings (SSSR count). The number of anilines is 1. The molecule has 1 unspecified atom stereocenters. The largest absolute Gasteiger partial charge is 0.408 e. The van der Waals surface area contributed by atoms with Gasteiger partial charge < -0.3 is 15.1 Å². The molecule has 5 heteroatoms. The predicted molar refractivity (Wildman–Crippen MR) is 57.6 cm³/mol. The summed E-state index contributed by atoms with van der Waals surface area (Å²) in [4.78, 5) is 2.06. The van der Waals surface area contributed by atoms with E-state index in [-0.39, 0.29) is 0 Å². The highest BCUT2D eigenvalue weighted by molar-refractivity contribution is 5.25. The lowest BCUT2D eigenvalue weighted by atomic mass is 10.2. The predicted octanol–water partition coefficient (Wildman–Crippen LogP) is 0.806. The van der Waals surface area contributed by atoms with Crippen LogP contribution in [0.3, 0.4) is 0 Å². The van der Waals surface area contributed by atoms with Gasteiger partial charge in [0, 0.05) is 26.1 Å². The number of hydrogen-bond acceptors (Lipinski definition) is 5. The molecule has 1 aliphatic rings. The van der Waals surface area contributed by atoms with E-state index in [1.807, 2.05) is 7.05 Å². The van der Waals surface area contributed by atoms with Crippen molar-refractivity contribution in [2.45, 2.75) is 32.2 Å². The Morgan fingerprint density at radius 1 is 1.53 bits per heavy atom. The van der Waals surface area contributed by atoms with Crippen molar-refractivity contribution in [3.63, 3.8) is 0 Å². The molecule has 0 radical (unpaired) electrons. The van der Waals surface area contributed by atoms with Crippen molar-refractivity contribution in [1.82, 2.24) is 10.2 Å². The molecule has 84 valence electrons. The van der Waals surface area contributed by atoms with Crippen LogP contribution in [-0.4, -0.2) is 29.8 Å². The number of nitrogens with two attached hydrogens (primary N) is 1. The monoisotopic (exact) mass is 210 g/mol. The van der Waals surface area contributed by atoms with Crippen LogP contribution in [0.1, 0.15) is 25.7 Å². The van der Waals surface area contributed by atoms with Gasteiger partial charge in [0.1, 0.15) is 0 Å². The van der Waals surface area contributed by atoms with E-state index in [0.717, 1.165) is 5.92 Å². The highest BCUT2D eigenvalue weighted by Crippen LogP contribution is 2.35. The second-order valence-electron chi connectivity index (χ2n) is 4.21. The summed E-state index contributed by atoms with van der Waals surface area (Å²) in [7, 11) is 2.00. The van der Waals surface area contributed by atoms with Crippen LogP contribution in [0.15, 0.2) is 4.42 Å². The van der Waals surface area contributed by atoms with E-state index in [1.165, 1.54) is 12.8 Å². The maximum Gasteiger partial charge on any atom is 0.318 e. The summed E-state index contributed by atoms with van der Waals surface area (Å²) in [5.74, 6) is 1.42. The van der Waals surface area contributed by atoms with Crippen LogP contribution in [0.4, 0.5) is 6.01 Å². The lowest BCUT2D eigenvalue weighted by molar-refractivity contribution is 0.467. The van der Waals surface area contributed by atoms with Gasteiger partial charge in [0.15, 0.2) is 0 Å². The Hall–Kier alpha value is -1.10. The van der Waals surface area contributed by atoms with Gasteiger partial charge in [0.2, 0.25) is 5.89 Å². The molecule has 0 aromatic carbocycles. The van der Waals surface area contributed by atoms with Gasteiger partial charge in [0.25, 0.3) is 0 Å². The Bertz CT molecular complexity index is 321. The maximum absolute atomic E-state index is 5.51. The molecule has 5 nitrogen and oxygen atoms in total. The summed E-state index contributed by atoms with van der Waals surface area (Å²) in [6, 6.07) is 1.09. The van der Waals surface area contributed by atoms with Crippen molar-refractivity contribution >= 4 is 6.01 Å². The van der Waals surface area contributed by atoms with Gasteiger partial charge in [-0.1, -0.05) is 5.10 Å². The molecule has 1 aliphatic carbocycles. The van der Waals surface area contributed by atoms with Crippen molar-refractivity contribution < 1.29 is 4.42 Å². The standard InChI is InChI=1S/C10H18N4O/c1-7(8-3-4-8)14(2)10-13-12-9(15-10)5-6-11/h7-8H,3-6,11H2,1-2H3. The van der Waals surface area contributed by atoms with E-state index >= 15 is 0 Å². The molecule has 0 spiro atoms. The molecule has 0 amide bonds. The van der Waals surface area contributed by atoms with E-state index in [1.54, 1.807) is 0 Å². The molecule has 1 fully saturated rings. The lowest BCUT2D eigenvalue weighted by Crippen LogP contribution is -2.30. The molecule has 0 bridgehead atoms. The second-order valence-corrected chi connectivity index (χ2v) is 4.21. The third-order valence-electron chi connectivity index (χ3n) is 3.03. The normalized spacial score (nSPS) is 17.8. The summed E-state index contributed by atoms with van der Waals surface area (Å²) in [5.41, 5.74) is 5.42. The quantitative estimate of drug-likeness (QED) is 0.778. The molecule has 1 heterocycles. The molecule has 2 N–H and O–H groups in total. The lowest BCUT2D eigenvalue weighted by Gasteiger charge is -2.21. The van der Waals surface area contributed by atoms with Gasteiger partial charge in [0.05, 0.1) is 0 Å². The highest BCUT2D eigenvalue weighted by Gasteiger charge is 2.32. The topological polar surface area (TPSA) is 68.2 Å². The minimum Gasteiger partial charge on any atom is -0.408 e. The van der Waals surface area contributed by atoms with E-state index in [2.05, 4.69) is 22.0 Å². The minimum atomic E-state index is 0.483. The van der Waals surface area contributed by atoms with Crippen LogP contribution in [0.2, 0.25) is 0 Å². The average molecular weight is 210 g/mol. The Labute approximate surface area is 89.6 Å². The van der Waals surface area contributed by atoms with Crippen LogP contribution < -0.4 is 10.6 Å². The first-order valence-corrected chi connectivity index (χ1v) is 5.47. The summed E-state index contributed by atoms with van der Waals surface area (Å²) >= 11 is 0. The third-order valence-corrected chi connectivity index (χ3v) is 3.03. The Balaban J connectivity index is 2.00. The fourth-order valence-corrected chi connectivity index (χ4v) is 1.68. The van der Waals surface area contributed by atoms with Gasteiger partial charge in [-0.15, -0.1) is 5.10 Å². The van der Waals surface area contributed by atoms with Gasteiger partial charge >= 0.3 is 6.01 Å². The van der Waals surface area contributed by atoms with E-state index in [4.69, 9.17) is 10.2 Å². The first kappa shape index (κ1) is 10.4. The fraction of sp³-hybridized carbons (Fsp3) is 0.800. The van der Waals surface area contributed by atoms with Crippen LogP contribution in [0.25, 0.3) is 0 Å². The van der Waals surface area contributed by atoms with Crippen molar-refractivity contribution in [2.24, 2.45) is 11.7 Å². The second kappa shape index (κ2) is 4.18. The van der Waals surface area contributed by atoms with Crippen molar-refractivity contribution in [3.8, 4) is 0 Å². The van der Waals surface area contributed by atoms with Crippen molar-refractivity contribution in [1.29, 1.82) is 0 Å². The highest BCUT2D eigenvalue weighted by atomic mass is 16.4. The first-order chi connectivity index (χ1) is 7.22. The van der Waals surface area contributed by atoms with E-state index in [9.17, 15) is 0 Å². The molecule has 1 aromatic rings. The molecule has 0 aliphatic heterocycles. The zero-order valence-corrected chi connectivity index (χ0v) is 9.31. The van der Waals surface area contributed by atoms with Crippen LogP contribution in [0, 0.1) is 5.92 Å². The number of hydrogen-bond donors (Lipinski definition) is 1.